The normalized spacial score (nSPS) is 16.4. The molecule has 3 aromatic rings. The Bertz CT molecular complexity index is 1260. The summed E-state index contributed by atoms with van der Waals surface area (Å²) in [5, 5.41) is 0. The maximum Gasteiger partial charge on any atom is 0.346 e. The molecule has 178 valence electrons. The number of alkyl halides is 2. The topological polar surface area (TPSA) is 44.8 Å². The van der Waals surface area contributed by atoms with Crippen LogP contribution in [-0.4, -0.2) is 19.2 Å². The average molecular weight is 478 g/mol. The van der Waals surface area contributed by atoms with Crippen LogP contribution in [-0.2, 0) is 0 Å². The SMILES string of the molecule is CCOc1ccc(OC(=O)c2ccc3c(c2F)C(F)C(F)c2c-3ccc(OCC)c2F)cc1F. The van der Waals surface area contributed by atoms with Crippen LogP contribution in [0.2, 0.25) is 0 Å². The molecule has 1 aliphatic carbocycles. The van der Waals surface area contributed by atoms with Crippen molar-refractivity contribution < 1.29 is 41.0 Å². The average Bonchev–Trinajstić information content (AvgIpc) is 2.80. The number of ether oxygens (including phenoxy) is 3. The predicted octanol–water partition coefficient (Wildman–Crippen LogP) is 6.82. The highest BCUT2D eigenvalue weighted by atomic mass is 19.2. The summed E-state index contributed by atoms with van der Waals surface area (Å²) < 4.78 is 89.2. The lowest BCUT2D eigenvalue weighted by Gasteiger charge is -2.28. The fourth-order valence-electron chi connectivity index (χ4n) is 3.87. The summed E-state index contributed by atoms with van der Waals surface area (Å²) >= 11 is 0. The molecule has 1 aliphatic rings. The third kappa shape index (κ3) is 3.95. The Morgan fingerprint density at radius 3 is 1.97 bits per heavy atom. The van der Waals surface area contributed by atoms with Gasteiger partial charge in [0.2, 0.25) is 0 Å². The Morgan fingerprint density at radius 2 is 1.35 bits per heavy atom. The van der Waals surface area contributed by atoms with Gasteiger partial charge in [-0.05, 0) is 49.2 Å². The minimum Gasteiger partial charge on any atom is -0.491 e. The van der Waals surface area contributed by atoms with Gasteiger partial charge in [-0.25, -0.2) is 26.7 Å². The first-order valence-electron chi connectivity index (χ1n) is 10.5. The zero-order valence-corrected chi connectivity index (χ0v) is 18.1. The molecular weight excluding hydrogens is 459 g/mol. The van der Waals surface area contributed by atoms with Crippen LogP contribution >= 0.6 is 0 Å². The van der Waals surface area contributed by atoms with Crippen LogP contribution in [0.25, 0.3) is 11.1 Å². The maximum absolute atomic E-state index is 15.2. The maximum atomic E-state index is 15.2. The van der Waals surface area contributed by atoms with Crippen molar-refractivity contribution in [2.45, 2.75) is 26.2 Å². The van der Waals surface area contributed by atoms with Crippen LogP contribution in [0.4, 0.5) is 22.0 Å². The largest absolute Gasteiger partial charge is 0.491 e. The minimum atomic E-state index is -2.58. The quantitative estimate of drug-likeness (QED) is 0.222. The summed E-state index contributed by atoms with van der Waals surface area (Å²) in [5.41, 5.74) is -2.14. The molecule has 2 atom stereocenters. The minimum absolute atomic E-state index is 0.0512. The highest BCUT2D eigenvalue weighted by molar-refractivity contribution is 5.93. The number of rotatable bonds is 6. The molecule has 0 saturated heterocycles. The van der Waals surface area contributed by atoms with E-state index in [1.165, 1.54) is 30.3 Å². The lowest BCUT2D eigenvalue weighted by molar-refractivity contribution is 0.0727. The van der Waals surface area contributed by atoms with Gasteiger partial charge in [0.05, 0.1) is 18.8 Å². The van der Waals surface area contributed by atoms with E-state index in [-0.39, 0.29) is 41.6 Å². The molecule has 34 heavy (non-hydrogen) atoms. The van der Waals surface area contributed by atoms with Gasteiger partial charge in [-0.2, -0.15) is 0 Å². The van der Waals surface area contributed by atoms with Crippen LogP contribution in [0, 0.1) is 17.5 Å². The second kappa shape index (κ2) is 9.32. The highest BCUT2D eigenvalue weighted by Crippen LogP contribution is 2.51. The Balaban J connectivity index is 1.71. The number of fused-ring (bicyclic) bond motifs is 3. The summed E-state index contributed by atoms with van der Waals surface area (Å²) in [4.78, 5) is 12.5. The van der Waals surface area contributed by atoms with E-state index in [1.807, 2.05) is 0 Å². The van der Waals surface area contributed by atoms with Gasteiger partial charge in [0.15, 0.2) is 35.5 Å². The monoisotopic (exact) mass is 478 g/mol. The standard InChI is InChI=1S/C25H19F5O4/c1-3-32-17-9-5-12(11-16(17)26)34-25(31)15-7-6-13-14-8-10-18(33-4-2)22(28)20(14)24(30)23(29)19(13)21(15)27/h5-11,23-24H,3-4H2,1-2H3. The van der Waals surface area contributed by atoms with Crippen molar-refractivity contribution in [1.29, 1.82) is 0 Å². The van der Waals surface area contributed by atoms with Gasteiger partial charge >= 0.3 is 5.97 Å². The summed E-state index contributed by atoms with van der Waals surface area (Å²) in [6, 6.07) is 8.11. The molecule has 0 amide bonds. The summed E-state index contributed by atoms with van der Waals surface area (Å²) in [5.74, 6) is -5.00. The smallest absolute Gasteiger partial charge is 0.346 e. The highest BCUT2D eigenvalue weighted by Gasteiger charge is 2.40. The Hall–Kier alpha value is -3.62. The molecule has 0 fully saturated rings. The van der Waals surface area contributed by atoms with Crippen molar-refractivity contribution in [2.75, 3.05) is 13.2 Å². The molecule has 0 radical (unpaired) electrons. The second-order valence-corrected chi connectivity index (χ2v) is 7.38. The summed E-state index contributed by atoms with van der Waals surface area (Å²) in [6.07, 6.45) is -5.10. The number of benzene rings is 3. The molecule has 3 aromatic carbocycles. The number of hydrogen-bond acceptors (Lipinski definition) is 4. The first-order valence-corrected chi connectivity index (χ1v) is 10.5. The van der Waals surface area contributed by atoms with Gasteiger partial charge in [0.25, 0.3) is 0 Å². The fourth-order valence-corrected chi connectivity index (χ4v) is 3.87. The van der Waals surface area contributed by atoms with E-state index in [1.54, 1.807) is 13.8 Å². The molecule has 4 nitrogen and oxygen atoms in total. The van der Waals surface area contributed by atoms with Crippen LogP contribution in [0.1, 0.15) is 47.7 Å². The van der Waals surface area contributed by atoms with Crippen molar-refractivity contribution in [3.8, 4) is 28.4 Å². The molecule has 0 bridgehead atoms. The molecule has 0 aliphatic heterocycles. The first-order chi connectivity index (χ1) is 16.3. The Morgan fingerprint density at radius 1 is 0.794 bits per heavy atom. The van der Waals surface area contributed by atoms with E-state index in [9.17, 15) is 18.0 Å². The number of carbonyl (C=O) groups excluding carboxylic acids is 1. The lowest BCUT2D eigenvalue weighted by Crippen LogP contribution is -2.19. The van der Waals surface area contributed by atoms with Gasteiger partial charge in [-0.3, -0.25) is 0 Å². The van der Waals surface area contributed by atoms with Gasteiger partial charge in [0, 0.05) is 17.2 Å². The van der Waals surface area contributed by atoms with Crippen molar-refractivity contribution in [2.24, 2.45) is 0 Å². The van der Waals surface area contributed by atoms with E-state index >= 15 is 8.78 Å². The lowest BCUT2D eigenvalue weighted by atomic mass is 9.81. The van der Waals surface area contributed by atoms with Gasteiger partial charge in [-0.15, -0.1) is 0 Å². The summed E-state index contributed by atoms with van der Waals surface area (Å²) in [6.45, 7) is 3.60. The van der Waals surface area contributed by atoms with Gasteiger partial charge in [-0.1, -0.05) is 12.1 Å². The molecule has 0 saturated carbocycles. The number of esters is 1. The van der Waals surface area contributed by atoms with Crippen LogP contribution < -0.4 is 14.2 Å². The van der Waals surface area contributed by atoms with Crippen molar-refractivity contribution in [1.82, 2.24) is 0 Å². The molecule has 0 aromatic heterocycles. The summed E-state index contributed by atoms with van der Waals surface area (Å²) in [7, 11) is 0. The van der Waals surface area contributed by atoms with Crippen LogP contribution in [0.5, 0.6) is 17.2 Å². The Labute approximate surface area is 191 Å². The molecule has 0 heterocycles. The van der Waals surface area contributed by atoms with Gasteiger partial charge in [0.1, 0.15) is 11.6 Å². The van der Waals surface area contributed by atoms with E-state index in [4.69, 9.17) is 14.2 Å². The van der Waals surface area contributed by atoms with E-state index < -0.39 is 52.5 Å². The molecular formula is C25H19F5O4. The van der Waals surface area contributed by atoms with Crippen molar-refractivity contribution >= 4 is 5.97 Å². The molecule has 4 rings (SSSR count). The van der Waals surface area contributed by atoms with Crippen molar-refractivity contribution in [3.05, 3.63) is 76.6 Å². The molecule has 2 unspecified atom stereocenters. The van der Waals surface area contributed by atoms with Crippen LogP contribution in [0.3, 0.4) is 0 Å². The molecule has 9 heteroatoms. The van der Waals surface area contributed by atoms with E-state index in [2.05, 4.69) is 0 Å². The fraction of sp³-hybridized carbons (Fsp3) is 0.240. The number of hydrogen-bond donors (Lipinski definition) is 0. The third-order valence-electron chi connectivity index (χ3n) is 5.36. The zero-order chi connectivity index (χ0) is 24.6. The number of carbonyl (C=O) groups is 1. The zero-order valence-electron chi connectivity index (χ0n) is 18.1. The first kappa shape index (κ1) is 23.5. The van der Waals surface area contributed by atoms with Gasteiger partial charge < -0.3 is 14.2 Å². The van der Waals surface area contributed by atoms with E-state index in [0.717, 1.165) is 12.1 Å². The molecule has 0 N–H and O–H groups in total. The Kier molecular flexibility index (Phi) is 6.45. The third-order valence-corrected chi connectivity index (χ3v) is 5.36. The number of halogens is 5. The van der Waals surface area contributed by atoms with Crippen molar-refractivity contribution in [3.63, 3.8) is 0 Å². The van der Waals surface area contributed by atoms with E-state index in [0.29, 0.717) is 0 Å². The molecule has 0 spiro atoms. The van der Waals surface area contributed by atoms with Crippen LogP contribution in [0.15, 0.2) is 42.5 Å². The second-order valence-electron chi connectivity index (χ2n) is 7.38. The predicted molar refractivity (Wildman–Crippen MR) is 113 cm³/mol.